The molecule has 3 N–H and O–H groups in total. The van der Waals surface area contributed by atoms with Gasteiger partial charge in [-0.25, -0.2) is 0 Å². The zero-order valence-electron chi connectivity index (χ0n) is 19.3. The van der Waals surface area contributed by atoms with E-state index in [9.17, 15) is 13.0 Å². The van der Waals surface area contributed by atoms with Gasteiger partial charge in [-0.2, -0.15) is 8.42 Å². The molecule has 0 unspecified atom stereocenters. The van der Waals surface area contributed by atoms with Gasteiger partial charge in [-0.15, -0.1) is 10.2 Å². The van der Waals surface area contributed by atoms with E-state index in [1.165, 1.54) is 6.07 Å². The minimum absolute atomic E-state index is 0. The molecule has 0 bridgehead atoms. The van der Waals surface area contributed by atoms with Crippen LogP contribution in [0.15, 0.2) is 112 Å². The number of azo groups is 1. The summed E-state index contributed by atoms with van der Waals surface area (Å²) in [7, 11) is -4.49. The molecule has 180 valence electrons. The van der Waals surface area contributed by atoms with Crippen molar-refractivity contribution in [2.75, 3.05) is 5.73 Å². The Balaban J connectivity index is 0.00000320. The number of pyridine rings is 1. The third kappa shape index (κ3) is 5.64. The van der Waals surface area contributed by atoms with E-state index in [4.69, 9.17) is 5.73 Å². The van der Waals surface area contributed by atoms with Crippen LogP contribution in [0.5, 0.6) is 0 Å². The molecule has 5 aromatic rings. The number of aryl methyl sites for hydroxylation is 1. The van der Waals surface area contributed by atoms with E-state index >= 15 is 0 Å². The molecule has 1 heterocycles. The van der Waals surface area contributed by atoms with Gasteiger partial charge in [0.05, 0.1) is 17.6 Å². The Morgan fingerprint density at radius 2 is 1.51 bits per heavy atom. The molecule has 0 spiro atoms. The van der Waals surface area contributed by atoms with Gasteiger partial charge in [-0.05, 0) is 42.3 Å². The SMILES string of the molecule is Cc1ccc(-c2ccccc2)c(-c2ccc(N=Nc3cc(S(=O)(=O)O)c4ccccc4c3N)cn2)c1.[NaH]. The number of hydrogen-bond acceptors (Lipinski definition) is 6. The molecular weight excluding hydrogens is 495 g/mol. The molecule has 0 aliphatic carbocycles. The Labute approximate surface area is 237 Å². The molecule has 0 amide bonds. The zero-order valence-corrected chi connectivity index (χ0v) is 20.1. The van der Waals surface area contributed by atoms with Crippen LogP contribution in [0.2, 0.25) is 0 Å². The molecule has 7 nitrogen and oxygen atoms in total. The molecular formula is C28H23N4NaO3S. The molecule has 0 saturated heterocycles. The fourth-order valence-corrected chi connectivity index (χ4v) is 4.82. The van der Waals surface area contributed by atoms with Crippen molar-refractivity contribution in [1.82, 2.24) is 4.98 Å². The normalized spacial score (nSPS) is 11.5. The van der Waals surface area contributed by atoms with Gasteiger partial charge < -0.3 is 5.73 Å². The first-order chi connectivity index (χ1) is 17.3. The van der Waals surface area contributed by atoms with Gasteiger partial charge in [0.1, 0.15) is 16.3 Å². The van der Waals surface area contributed by atoms with Gasteiger partial charge in [0.25, 0.3) is 10.1 Å². The quantitative estimate of drug-likeness (QED) is 0.120. The van der Waals surface area contributed by atoms with Gasteiger partial charge in [0.2, 0.25) is 0 Å². The second-order valence-corrected chi connectivity index (χ2v) is 9.73. The Morgan fingerprint density at radius 1 is 0.811 bits per heavy atom. The van der Waals surface area contributed by atoms with Crippen molar-refractivity contribution in [3.05, 3.63) is 103 Å². The molecule has 37 heavy (non-hydrogen) atoms. The van der Waals surface area contributed by atoms with Crippen molar-refractivity contribution >= 4 is 67.5 Å². The Morgan fingerprint density at radius 3 is 2.19 bits per heavy atom. The van der Waals surface area contributed by atoms with E-state index in [0.29, 0.717) is 16.5 Å². The van der Waals surface area contributed by atoms with Crippen LogP contribution in [0, 0.1) is 6.92 Å². The molecule has 0 atom stereocenters. The van der Waals surface area contributed by atoms with Gasteiger partial charge in [-0.3, -0.25) is 9.54 Å². The number of rotatable bonds is 5. The Kier molecular flexibility index (Phi) is 7.87. The summed E-state index contributed by atoms with van der Waals surface area (Å²) < 4.78 is 33.6. The average molecular weight is 519 g/mol. The molecule has 0 saturated carbocycles. The van der Waals surface area contributed by atoms with Crippen LogP contribution in [-0.4, -0.2) is 47.5 Å². The van der Waals surface area contributed by atoms with Crippen LogP contribution in [0.3, 0.4) is 0 Å². The third-order valence-corrected chi connectivity index (χ3v) is 6.75. The van der Waals surface area contributed by atoms with Crippen LogP contribution in [0.4, 0.5) is 17.1 Å². The van der Waals surface area contributed by atoms with E-state index in [-0.39, 0.29) is 45.8 Å². The van der Waals surface area contributed by atoms with E-state index < -0.39 is 10.1 Å². The van der Waals surface area contributed by atoms with Crippen LogP contribution >= 0.6 is 0 Å². The second-order valence-electron chi connectivity index (χ2n) is 8.34. The average Bonchev–Trinajstić information content (AvgIpc) is 2.88. The molecule has 0 fully saturated rings. The standard InChI is InChI=1S/C28H22N4O3S.Na.H/c1-18-11-13-21(19-7-3-2-4-8-19)24(15-18)25-14-12-20(17-30-25)31-32-26-16-27(36(33,34)35)22-9-5-6-10-23(22)28(26)29;;/h2-17H,29H2,1H3,(H,33,34,35);;. The topological polar surface area (TPSA) is 118 Å². The van der Waals surface area contributed by atoms with Crippen LogP contribution < -0.4 is 5.73 Å². The number of aromatic nitrogens is 1. The van der Waals surface area contributed by atoms with Gasteiger partial charge >= 0.3 is 29.6 Å². The molecule has 9 heteroatoms. The van der Waals surface area contributed by atoms with Gasteiger partial charge in [-0.1, -0.05) is 72.3 Å². The number of fused-ring (bicyclic) bond motifs is 1. The maximum absolute atomic E-state index is 11.9. The summed E-state index contributed by atoms with van der Waals surface area (Å²) in [4.78, 5) is 4.32. The van der Waals surface area contributed by atoms with Crippen LogP contribution in [-0.2, 0) is 10.1 Å². The van der Waals surface area contributed by atoms with E-state index in [1.807, 2.05) is 31.2 Å². The van der Waals surface area contributed by atoms with Crippen LogP contribution in [0.25, 0.3) is 33.2 Å². The van der Waals surface area contributed by atoms with Crippen molar-refractivity contribution in [2.45, 2.75) is 11.8 Å². The first-order valence-corrected chi connectivity index (χ1v) is 12.6. The predicted molar refractivity (Wildman–Crippen MR) is 149 cm³/mol. The number of nitrogens with zero attached hydrogens (tertiary/aromatic N) is 3. The minimum atomic E-state index is -4.49. The monoisotopic (exact) mass is 518 g/mol. The number of nitrogens with two attached hydrogens (primary N) is 1. The number of hydrogen-bond donors (Lipinski definition) is 2. The fourth-order valence-electron chi connectivity index (χ4n) is 4.10. The van der Waals surface area contributed by atoms with Gasteiger partial charge in [0.15, 0.2) is 0 Å². The fraction of sp³-hybridized carbons (Fsp3) is 0.0357. The van der Waals surface area contributed by atoms with Crippen molar-refractivity contribution < 1.29 is 13.0 Å². The second kappa shape index (κ2) is 10.9. The number of anilines is 1. The molecule has 0 aliphatic heterocycles. The van der Waals surface area contributed by atoms with Crippen molar-refractivity contribution in [2.24, 2.45) is 10.2 Å². The zero-order chi connectivity index (χ0) is 25.3. The van der Waals surface area contributed by atoms with Gasteiger partial charge in [0, 0.05) is 16.3 Å². The third-order valence-electron chi connectivity index (χ3n) is 5.86. The summed E-state index contributed by atoms with van der Waals surface area (Å²) in [6.45, 7) is 2.04. The summed E-state index contributed by atoms with van der Waals surface area (Å²) in [5.74, 6) is 0. The summed E-state index contributed by atoms with van der Waals surface area (Å²) in [6.07, 6.45) is 1.59. The first kappa shape index (κ1) is 26.7. The van der Waals surface area contributed by atoms with E-state index in [0.717, 1.165) is 27.9 Å². The molecule has 0 radical (unpaired) electrons. The summed E-state index contributed by atoms with van der Waals surface area (Å²) >= 11 is 0. The summed E-state index contributed by atoms with van der Waals surface area (Å²) in [6, 6.07) is 27.9. The van der Waals surface area contributed by atoms with Crippen molar-refractivity contribution in [3.63, 3.8) is 0 Å². The maximum atomic E-state index is 11.9. The molecule has 5 rings (SSSR count). The predicted octanol–water partition coefficient (Wildman–Crippen LogP) is 6.47. The van der Waals surface area contributed by atoms with Crippen LogP contribution in [0.1, 0.15) is 5.56 Å². The first-order valence-electron chi connectivity index (χ1n) is 11.1. The summed E-state index contributed by atoms with van der Waals surface area (Å²) in [5.41, 5.74) is 12.2. The molecule has 0 aliphatic rings. The molecule has 4 aromatic carbocycles. The number of benzene rings is 4. The van der Waals surface area contributed by atoms with Crippen molar-refractivity contribution in [1.29, 1.82) is 0 Å². The van der Waals surface area contributed by atoms with E-state index in [1.54, 1.807) is 36.5 Å². The molecule has 1 aromatic heterocycles. The summed E-state index contributed by atoms with van der Waals surface area (Å²) in [5, 5.41) is 9.15. The Hall–Kier alpha value is -3.40. The Bertz CT molecular complexity index is 1720. The van der Waals surface area contributed by atoms with Crippen molar-refractivity contribution in [3.8, 4) is 22.4 Å². The number of nitrogen functional groups attached to an aromatic ring is 1. The van der Waals surface area contributed by atoms with E-state index in [2.05, 4.69) is 45.5 Å².